The Bertz CT molecular complexity index is 985. The zero-order valence-corrected chi connectivity index (χ0v) is 18.0. The summed E-state index contributed by atoms with van der Waals surface area (Å²) in [5.41, 5.74) is 2.18. The van der Waals surface area contributed by atoms with E-state index < -0.39 is 0 Å². The van der Waals surface area contributed by atoms with Crippen molar-refractivity contribution in [2.24, 2.45) is 0 Å². The quantitative estimate of drug-likeness (QED) is 0.574. The maximum Gasteiger partial charge on any atom is 0.265 e. The fourth-order valence-corrected chi connectivity index (χ4v) is 3.73. The molecule has 0 aliphatic carbocycles. The van der Waals surface area contributed by atoms with E-state index in [4.69, 9.17) is 4.74 Å². The monoisotopic (exact) mass is 423 g/mol. The lowest BCUT2D eigenvalue weighted by Gasteiger charge is -2.26. The van der Waals surface area contributed by atoms with Gasteiger partial charge in [0, 0.05) is 23.4 Å². The van der Waals surface area contributed by atoms with Crippen molar-refractivity contribution in [2.45, 2.75) is 6.04 Å². The van der Waals surface area contributed by atoms with E-state index in [1.54, 1.807) is 37.4 Å². The number of carbonyl (C=O) groups excluding carboxylic acids is 2. The minimum atomic E-state index is -0.173. The largest absolute Gasteiger partial charge is 0.496 e. The predicted octanol–water partition coefficient (Wildman–Crippen LogP) is 4.04. The molecule has 1 atom stereocenters. The average Bonchev–Trinajstić information content (AvgIpc) is 3.29. The Morgan fingerprint density at radius 1 is 1.00 bits per heavy atom. The number of amides is 2. The van der Waals surface area contributed by atoms with Crippen LogP contribution in [0.25, 0.3) is 0 Å². The Kier molecular flexibility index (Phi) is 7.21. The van der Waals surface area contributed by atoms with Gasteiger partial charge < -0.3 is 20.3 Å². The normalized spacial score (nSPS) is 11.7. The Hall–Kier alpha value is -3.16. The van der Waals surface area contributed by atoms with Gasteiger partial charge in [-0.3, -0.25) is 9.59 Å². The van der Waals surface area contributed by atoms with Gasteiger partial charge in [0.15, 0.2) is 0 Å². The van der Waals surface area contributed by atoms with Gasteiger partial charge in [-0.25, -0.2) is 0 Å². The third-order valence-corrected chi connectivity index (χ3v) is 5.60. The fourth-order valence-electron chi connectivity index (χ4n) is 3.11. The molecule has 3 rings (SSSR count). The molecule has 0 radical (unpaired) electrons. The molecule has 0 aliphatic heterocycles. The summed E-state index contributed by atoms with van der Waals surface area (Å²) < 4.78 is 5.47. The van der Waals surface area contributed by atoms with Gasteiger partial charge in [0.2, 0.25) is 0 Å². The van der Waals surface area contributed by atoms with Gasteiger partial charge in [-0.1, -0.05) is 24.3 Å². The second-order valence-electron chi connectivity index (χ2n) is 6.94. The van der Waals surface area contributed by atoms with Crippen molar-refractivity contribution in [1.29, 1.82) is 0 Å². The lowest BCUT2D eigenvalue weighted by Crippen LogP contribution is -2.34. The van der Waals surface area contributed by atoms with Gasteiger partial charge in [0.1, 0.15) is 5.75 Å². The van der Waals surface area contributed by atoms with Crippen molar-refractivity contribution in [2.75, 3.05) is 33.1 Å². The number of hydrogen-bond donors (Lipinski definition) is 2. The molecular formula is C23H25N3O3S. The number of methoxy groups -OCH3 is 1. The molecule has 3 aromatic rings. The number of hydrogen-bond acceptors (Lipinski definition) is 5. The van der Waals surface area contributed by atoms with Crippen LogP contribution in [0.15, 0.2) is 66.0 Å². The van der Waals surface area contributed by atoms with Crippen LogP contribution in [0.3, 0.4) is 0 Å². The molecule has 156 valence electrons. The van der Waals surface area contributed by atoms with Crippen LogP contribution in [0.4, 0.5) is 5.69 Å². The van der Waals surface area contributed by atoms with E-state index in [0.717, 1.165) is 11.3 Å². The van der Waals surface area contributed by atoms with E-state index >= 15 is 0 Å². The Labute approximate surface area is 180 Å². The molecule has 1 unspecified atom stereocenters. The second kappa shape index (κ2) is 10.0. The molecule has 0 saturated heterocycles. The number of anilines is 1. The molecule has 30 heavy (non-hydrogen) atoms. The summed E-state index contributed by atoms with van der Waals surface area (Å²) in [4.78, 5) is 27.4. The van der Waals surface area contributed by atoms with Crippen LogP contribution in [0.5, 0.6) is 5.75 Å². The molecule has 0 saturated carbocycles. The first-order valence-electron chi connectivity index (χ1n) is 9.52. The zero-order valence-electron chi connectivity index (χ0n) is 17.2. The van der Waals surface area contributed by atoms with E-state index in [9.17, 15) is 9.59 Å². The average molecular weight is 424 g/mol. The Balaban J connectivity index is 1.63. The third-order valence-electron chi connectivity index (χ3n) is 4.73. The minimum absolute atomic E-state index is 0.0329. The number of rotatable bonds is 8. The molecule has 0 bridgehead atoms. The van der Waals surface area contributed by atoms with E-state index in [0.29, 0.717) is 22.7 Å². The molecule has 6 nitrogen and oxygen atoms in total. The number of ether oxygens (including phenoxy) is 1. The van der Waals surface area contributed by atoms with Crippen LogP contribution in [0.1, 0.15) is 31.6 Å². The van der Waals surface area contributed by atoms with Crippen molar-refractivity contribution >= 4 is 28.8 Å². The standard InChI is InChI=1S/C23H25N3O3S/c1-26(2)19(18-7-4-5-8-20(18)29-3)15-24-22(27)16-10-12-17(13-11-16)25-23(28)21-9-6-14-30-21/h4-14,19H,15H2,1-3H3,(H,24,27)(H,25,28). The number of thiophene rings is 1. The smallest absolute Gasteiger partial charge is 0.265 e. The molecule has 7 heteroatoms. The van der Waals surface area contributed by atoms with Gasteiger partial charge in [0.25, 0.3) is 11.8 Å². The molecule has 0 fully saturated rings. The minimum Gasteiger partial charge on any atom is -0.496 e. The van der Waals surface area contributed by atoms with Crippen LogP contribution in [0, 0.1) is 0 Å². The Morgan fingerprint density at radius 3 is 2.37 bits per heavy atom. The Morgan fingerprint density at radius 2 is 1.73 bits per heavy atom. The highest BCUT2D eigenvalue weighted by Crippen LogP contribution is 2.27. The van der Waals surface area contributed by atoms with Crippen LogP contribution < -0.4 is 15.4 Å². The zero-order chi connectivity index (χ0) is 21.5. The van der Waals surface area contributed by atoms with Gasteiger partial charge in [-0.05, 0) is 55.9 Å². The number of carbonyl (C=O) groups is 2. The van der Waals surface area contributed by atoms with Crippen LogP contribution in [-0.2, 0) is 0 Å². The maximum atomic E-state index is 12.6. The van der Waals surface area contributed by atoms with E-state index in [2.05, 4.69) is 10.6 Å². The highest BCUT2D eigenvalue weighted by molar-refractivity contribution is 7.12. The number of para-hydroxylation sites is 1. The number of likely N-dealkylation sites (N-methyl/N-ethyl adjacent to an activating group) is 1. The highest BCUT2D eigenvalue weighted by Gasteiger charge is 2.19. The van der Waals surface area contributed by atoms with E-state index in [1.165, 1.54) is 11.3 Å². The first kappa shape index (κ1) is 21.5. The van der Waals surface area contributed by atoms with Crippen LogP contribution >= 0.6 is 11.3 Å². The first-order chi connectivity index (χ1) is 14.5. The molecule has 2 N–H and O–H groups in total. The maximum absolute atomic E-state index is 12.6. The van der Waals surface area contributed by atoms with Gasteiger partial charge in [-0.15, -0.1) is 11.3 Å². The molecule has 0 aliphatic rings. The topological polar surface area (TPSA) is 70.7 Å². The molecular weight excluding hydrogens is 398 g/mol. The van der Waals surface area contributed by atoms with Gasteiger partial charge >= 0.3 is 0 Å². The molecule has 1 heterocycles. The van der Waals surface area contributed by atoms with Crippen LogP contribution in [0.2, 0.25) is 0 Å². The highest BCUT2D eigenvalue weighted by atomic mass is 32.1. The summed E-state index contributed by atoms with van der Waals surface area (Å²) in [7, 11) is 5.57. The summed E-state index contributed by atoms with van der Waals surface area (Å²) in [6, 6.07) is 18.2. The molecule has 0 spiro atoms. The number of nitrogens with one attached hydrogen (secondary N) is 2. The fraction of sp³-hybridized carbons (Fsp3) is 0.217. The number of nitrogens with zero attached hydrogens (tertiary/aromatic N) is 1. The van der Waals surface area contributed by atoms with Crippen molar-refractivity contribution in [3.05, 3.63) is 82.0 Å². The van der Waals surface area contributed by atoms with E-state index in [1.807, 2.05) is 54.7 Å². The van der Waals surface area contributed by atoms with E-state index in [-0.39, 0.29) is 17.9 Å². The summed E-state index contributed by atoms with van der Waals surface area (Å²) in [5.74, 6) is 0.456. The summed E-state index contributed by atoms with van der Waals surface area (Å²) >= 11 is 1.38. The first-order valence-corrected chi connectivity index (χ1v) is 10.4. The van der Waals surface area contributed by atoms with Crippen molar-refractivity contribution in [3.8, 4) is 5.75 Å². The predicted molar refractivity (Wildman–Crippen MR) is 120 cm³/mol. The summed E-state index contributed by atoms with van der Waals surface area (Å²) in [5, 5.41) is 7.68. The van der Waals surface area contributed by atoms with Crippen molar-refractivity contribution < 1.29 is 14.3 Å². The third kappa shape index (κ3) is 5.25. The molecule has 1 aromatic heterocycles. The SMILES string of the molecule is COc1ccccc1C(CNC(=O)c1ccc(NC(=O)c2cccs2)cc1)N(C)C. The summed E-state index contributed by atoms with van der Waals surface area (Å²) in [6.07, 6.45) is 0. The van der Waals surface area contributed by atoms with Gasteiger partial charge in [0.05, 0.1) is 18.0 Å². The number of benzene rings is 2. The van der Waals surface area contributed by atoms with Crippen molar-refractivity contribution in [3.63, 3.8) is 0 Å². The molecule has 2 aromatic carbocycles. The lowest BCUT2D eigenvalue weighted by atomic mass is 10.0. The van der Waals surface area contributed by atoms with Gasteiger partial charge in [-0.2, -0.15) is 0 Å². The van der Waals surface area contributed by atoms with Crippen molar-refractivity contribution in [1.82, 2.24) is 10.2 Å². The second-order valence-corrected chi connectivity index (χ2v) is 7.89. The lowest BCUT2D eigenvalue weighted by molar-refractivity contribution is 0.0941. The molecule has 2 amide bonds. The summed E-state index contributed by atoms with van der Waals surface area (Å²) in [6.45, 7) is 0.434. The van der Waals surface area contributed by atoms with Crippen LogP contribution in [-0.4, -0.2) is 44.5 Å².